The van der Waals surface area contributed by atoms with Crippen LogP contribution in [0.5, 0.6) is 0 Å². The number of anilines is 1. The van der Waals surface area contributed by atoms with Crippen molar-refractivity contribution >= 4 is 23.0 Å². The van der Waals surface area contributed by atoms with Crippen molar-refractivity contribution in [3.8, 4) is 0 Å². The number of nitrogens with two attached hydrogens (primary N) is 1. The zero-order chi connectivity index (χ0) is 17.0. The number of hydrogen-bond acceptors (Lipinski definition) is 7. The van der Waals surface area contributed by atoms with Crippen LogP contribution in [-0.4, -0.2) is 21.8 Å². The Morgan fingerprint density at radius 2 is 1.61 bits per heavy atom. The standard InChI is InChI=1S/C13H17N5O5/c14-16-13(19)8-6-10(17(20)21)12(11(7-8)18(22)23)15-9-4-2-1-3-5-9/h6-7,9,15H,1-5,14H2,(H,16,19). The van der Waals surface area contributed by atoms with Gasteiger partial charge in [-0.05, 0) is 12.8 Å². The average molecular weight is 323 g/mol. The molecule has 0 spiro atoms. The third kappa shape index (κ3) is 3.72. The number of nitrogens with one attached hydrogen (secondary N) is 2. The molecular weight excluding hydrogens is 306 g/mol. The summed E-state index contributed by atoms with van der Waals surface area (Å²) in [4.78, 5) is 32.6. The van der Waals surface area contributed by atoms with E-state index in [1.165, 1.54) is 0 Å². The van der Waals surface area contributed by atoms with Gasteiger partial charge < -0.3 is 5.32 Å². The lowest BCUT2D eigenvalue weighted by atomic mass is 9.95. The number of rotatable bonds is 5. The fourth-order valence-corrected chi connectivity index (χ4v) is 2.71. The highest BCUT2D eigenvalue weighted by Gasteiger charge is 2.30. The molecule has 0 atom stereocenters. The van der Waals surface area contributed by atoms with Gasteiger partial charge in [0, 0.05) is 18.2 Å². The van der Waals surface area contributed by atoms with Crippen molar-refractivity contribution < 1.29 is 14.6 Å². The van der Waals surface area contributed by atoms with E-state index in [0.717, 1.165) is 44.2 Å². The summed E-state index contributed by atoms with van der Waals surface area (Å²) in [5.41, 5.74) is 0.386. The van der Waals surface area contributed by atoms with E-state index in [9.17, 15) is 25.0 Å². The molecule has 10 nitrogen and oxygen atoms in total. The molecule has 10 heteroatoms. The molecule has 1 saturated carbocycles. The van der Waals surface area contributed by atoms with Crippen molar-refractivity contribution in [2.45, 2.75) is 38.1 Å². The molecule has 4 N–H and O–H groups in total. The minimum absolute atomic E-state index is 0.0599. The van der Waals surface area contributed by atoms with Gasteiger partial charge >= 0.3 is 0 Å². The van der Waals surface area contributed by atoms with Crippen LogP contribution in [0.15, 0.2) is 12.1 Å². The highest BCUT2D eigenvalue weighted by Crippen LogP contribution is 2.37. The maximum atomic E-state index is 11.6. The molecular formula is C13H17N5O5. The largest absolute Gasteiger partial charge is 0.371 e. The van der Waals surface area contributed by atoms with Gasteiger partial charge in [-0.25, -0.2) is 5.84 Å². The molecule has 0 aliphatic heterocycles. The van der Waals surface area contributed by atoms with E-state index < -0.39 is 27.1 Å². The Bertz CT molecular complexity index is 607. The first-order chi connectivity index (χ1) is 10.9. The van der Waals surface area contributed by atoms with E-state index in [1.807, 2.05) is 5.43 Å². The quantitative estimate of drug-likeness (QED) is 0.323. The van der Waals surface area contributed by atoms with E-state index in [2.05, 4.69) is 5.32 Å². The molecule has 0 saturated heterocycles. The maximum Gasteiger partial charge on any atom is 0.300 e. The molecule has 1 aliphatic carbocycles. The molecule has 1 fully saturated rings. The van der Waals surface area contributed by atoms with E-state index in [4.69, 9.17) is 5.84 Å². The van der Waals surface area contributed by atoms with Crippen LogP contribution in [0.4, 0.5) is 17.1 Å². The number of hydrogen-bond donors (Lipinski definition) is 3. The summed E-state index contributed by atoms with van der Waals surface area (Å²) >= 11 is 0. The molecule has 1 aromatic rings. The van der Waals surface area contributed by atoms with E-state index >= 15 is 0 Å². The number of carbonyl (C=O) groups excluding carboxylic acids is 1. The predicted molar refractivity (Wildman–Crippen MR) is 81.9 cm³/mol. The van der Waals surface area contributed by atoms with E-state index in [1.54, 1.807) is 0 Å². The Hall–Kier alpha value is -2.75. The topological polar surface area (TPSA) is 153 Å². The molecule has 0 unspecified atom stereocenters. The van der Waals surface area contributed by atoms with Crippen molar-refractivity contribution in [2.24, 2.45) is 5.84 Å². The van der Waals surface area contributed by atoms with Crippen molar-refractivity contribution in [1.29, 1.82) is 0 Å². The summed E-state index contributed by atoms with van der Waals surface area (Å²) in [6.45, 7) is 0. The van der Waals surface area contributed by atoms with Crippen LogP contribution in [0.25, 0.3) is 0 Å². The molecule has 124 valence electrons. The number of hydrazine groups is 1. The van der Waals surface area contributed by atoms with Crippen LogP contribution in [0.1, 0.15) is 42.5 Å². The Morgan fingerprint density at radius 1 is 1.09 bits per heavy atom. The first-order valence-corrected chi connectivity index (χ1v) is 7.18. The average Bonchev–Trinajstić information content (AvgIpc) is 2.54. The molecule has 1 aliphatic rings. The number of nitro groups is 2. The second-order valence-electron chi connectivity index (χ2n) is 5.36. The highest BCUT2D eigenvalue weighted by molar-refractivity contribution is 5.97. The number of nitrogen functional groups attached to an aromatic ring is 1. The lowest BCUT2D eigenvalue weighted by Gasteiger charge is -2.23. The van der Waals surface area contributed by atoms with Gasteiger partial charge in [-0.15, -0.1) is 0 Å². The van der Waals surface area contributed by atoms with Crippen LogP contribution in [0, 0.1) is 20.2 Å². The maximum absolute atomic E-state index is 11.6. The molecule has 2 rings (SSSR count). The van der Waals surface area contributed by atoms with Gasteiger partial charge in [0.2, 0.25) is 0 Å². The summed E-state index contributed by atoms with van der Waals surface area (Å²) < 4.78 is 0. The molecule has 0 bridgehead atoms. The van der Waals surface area contributed by atoms with Gasteiger partial charge in [0.1, 0.15) is 0 Å². The number of benzene rings is 1. The third-order valence-corrected chi connectivity index (χ3v) is 3.84. The zero-order valence-electron chi connectivity index (χ0n) is 12.3. The van der Waals surface area contributed by atoms with Crippen LogP contribution in [0.3, 0.4) is 0 Å². The molecule has 0 heterocycles. The third-order valence-electron chi connectivity index (χ3n) is 3.84. The number of carbonyl (C=O) groups is 1. The zero-order valence-corrected chi connectivity index (χ0v) is 12.3. The second-order valence-corrected chi connectivity index (χ2v) is 5.36. The summed E-state index contributed by atoms with van der Waals surface area (Å²) in [5.74, 6) is 4.16. The normalized spacial score (nSPS) is 15.0. The lowest BCUT2D eigenvalue weighted by Crippen LogP contribution is -2.30. The minimum Gasteiger partial charge on any atom is -0.371 e. The number of nitrogens with zero attached hydrogens (tertiary/aromatic N) is 2. The first kappa shape index (κ1) is 16.6. The molecule has 23 heavy (non-hydrogen) atoms. The second kappa shape index (κ2) is 7.01. The van der Waals surface area contributed by atoms with Crippen molar-refractivity contribution in [3.63, 3.8) is 0 Å². The van der Waals surface area contributed by atoms with Crippen molar-refractivity contribution in [1.82, 2.24) is 5.43 Å². The van der Waals surface area contributed by atoms with Crippen LogP contribution in [0.2, 0.25) is 0 Å². The SMILES string of the molecule is NNC(=O)c1cc([N+](=O)[O-])c(NC2CCCCC2)c([N+](=O)[O-])c1. The van der Waals surface area contributed by atoms with Gasteiger partial charge in [0.05, 0.1) is 15.4 Å². The summed E-state index contributed by atoms with van der Waals surface area (Å²) in [5, 5.41) is 25.5. The molecule has 0 radical (unpaired) electrons. The minimum atomic E-state index is -0.833. The Balaban J connectivity index is 2.50. The monoisotopic (exact) mass is 323 g/mol. The molecule has 1 amide bonds. The van der Waals surface area contributed by atoms with Crippen LogP contribution in [-0.2, 0) is 0 Å². The van der Waals surface area contributed by atoms with Crippen molar-refractivity contribution in [3.05, 3.63) is 37.9 Å². The Kier molecular flexibility index (Phi) is 5.06. The summed E-state index contributed by atoms with van der Waals surface area (Å²) in [7, 11) is 0. The van der Waals surface area contributed by atoms with E-state index in [-0.39, 0.29) is 17.3 Å². The Morgan fingerprint density at radius 3 is 2.04 bits per heavy atom. The smallest absolute Gasteiger partial charge is 0.300 e. The number of nitro benzene ring substituents is 2. The highest BCUT2D eigenvalue weighted by atomic mass is 16.6. The predicted octanol–water partition coefficient (Wildman–Crippen LogP) is 1.85. The number of amides is 1. The fraction of sp³-hybridized carbons (Fsp3) is 0.462. The van der Waals surface area contributed by atoms with Gasteiger partial charge in [-0.3, -0.25) is 30.4 Å². The summed E-state index contributed by atoms with van der Waals surface area (Å²) in [6, 6.07) is 1.91. The van der Waals surface area contributed by atoms with Crippen LogP contribution < -0.4 is 16.6 Å². The summed E-state index contributed by atoms with van der Waals surface area (Å²) in [6.07, 6.45) is 4.59. The van der Waals surface area contributed by atoms with Gasteiger partial charge in [0.15, 0.2) is 5.69 Å². The lowest BCUT2D eigenvalue weighted by molar-refractivity contribution is -0.392. The van der Waals surface area contributed by atoms with Gasteiger partial charge in [0.25, 0.3) is 17.3 Å². The first-order valence-electron chi connectivity index (χ1n) is 7.18. The molecule has 0 aromatic heterocycles. The van der Waals surface area contributed by atoms with Crippen LogP contribution >= 0.6 is 0 Å². The van der Waals surface area contributed by atoms with Gasteiger partial charge in [-0.2, -0.15) is 0 Å². The van der Waals surface area contributed by atoms with E-state index in [0.29, 0.717) is 0 Å². The van der Waals surface area contributed by atoms with Crippen molar-refractivity contribution in [2.75, 3.05) is 5.32 Å². The molecule has 1 aromatic carbocycles. The Labute approximate surface area is 131 Å². The fourth-order valence-electron chi connectivity index (χ4n) is 2.71. The van der Waals surface area contributed by atoms with Gasteiger partial charge in [-0.1, -0.05) is 19.3 Å².